The molecule has 0 bridgehead atoms. The maximum absolute atomic E-state index is 11.7. The van der Waals surface area contributed by atoms with Crippen molar-refractivity contribution in [3.8, 4) is 0 Å². The molecule has 0 saturated heterocycles. The second-order valence-electron chi connectivity index (χ2n) is 3.84. The number of aromatic nitrogens is 4. The number of halogens is 1. The highest BCUT2D eigenvalue weighted by molar-refractivity contribution is 9.10. The normalized spacial score (nSPS) is 10.6. The summed E-state index contributed by atoms with van der Waals surface area (Å²) in [5, 5.41) is 8.04. The third kappa shape index (κ3) is 3.29. The number of H-pyrrole nitrogens is 1. The van der Waals surface area contributed by atoms with Crippen molar-refractivity contribution in [2.45, 2.75) is 19.9 Å². The molecule has 0 aliphatic rings. The summed E-state index contributed by atoms with van der Waals surface area (Å²) >= 11 is 4.34. The average Bonchev–Trinajstić information content (AvgIpc) is 2.81. The highest BCUT2D eigenvalue weighted by atomic mass is 79.9. The van der Waals surface area contributed by atoms with Crippen molar-refractivity contribution in [1.29, 1.82) is 0 Å². The van der Waals surface area contributed by atoms with Gasteiger partial charge in [-0.05, 0) is 22.4 Å². The van der Waals surface area contributed by atoms with Crippen LogP contribution in [-0.2, 0) is 6.54 Å². The molecule has 9 heteroatoms. The third-order valence-corrected chi connectivity index (χ3v) is 3.67. The van der Waals surface area contributed by atoms with E-state index < -0.39 is 11.2 Å². The Morgan fingerprint density at radius 3 is 3.05 bits per heavy atom. The largest absolute Gasteiger partial charge is 0.374 e. The topological polar surface area (TPSA) is 92.7 Å². The van der Waals surface area contributed by atoms with Crippen LogP contribution >= 0.6 is 27.5 Å². The van der Waals surface area contributed by atoms with Crippen LogP contribution in [-0.4, -0.2) is 25.7 Å². The Morgan fingerprint density at radius 2 is 2.32 bits per heavy atom. The summed E-state index contributed by atoms with van der Waals surface area (Å²) in [6.45, 7) is 3.14. The van der Waals surface area contributed by atoms with Gasteiger partial charge in [-0.25, -0.2) is 4.79 Å². The van der Waals surface area contributed by atoms with Gasteiger partial charge in [0.1, 0.15) is 10.7 Å². The van der Waals surface area contributed by atoms with Gasteiger partial charge in [0.05, 0.1) is 11.0 Å². The van der Waals surface area contributed by atoms with Crippen molar-refractivity contribution in [2.75, 3.05) is 11.9 Å². The Hall–Kier alpha value is -1.48. The number of hydrogen-bond donors (Lipinski definition) is 2. The summed E-state index contributed by atoms with van der Waals surface area (Å²) in [4.78, 5) is 25.1. The summed E-state index contributed by atoms with van der Waals surface area (Å²) in [5.41, 5.74) is -0.232. The summed E-state index contributed by atoms with van der Waals surface area (Å²) in [7, 11) is 0. The van der Waals surface area contributed by atoms with Crippen LogP contribution in [0.2, 0.25) is 0 Å². The van der Waals surface area contributed by atoms with E-state index in [0.717, 1.165) is 18.0 Å². The van der Waals surface area contributed by atoms with Gasteiger partial charge < -0.3 is 5.32 Å². The third-order valence-electron chi connectivity index (χ3n) is 2.38. The molecular formula is C10H12BrN5O2S. The molecule has 2 aromatic heterocycles. The fourth-order valence-corrected chi connectivity index (χ4v) is 2.39. The minimum Gasteiger partial charge on any atom is -0.374 e. The van der Waals surface area contributed by atoms with Crippen molar-refractivity contribution in [3.63, 3.8) is 0 Å². The fourth-order valence-electron chi connectivity index (χ4n) is 1.45. The molecule has 0 atom stereocenters. The van der Waals surface area contributed by atoms with E-state index in [4.69, 9.17) is 0 Å². The average molecular weight is 346 g/mol. The van der Waals surface area contributed by atoms with Gasteiger partial charge in [0, 0.05) is 24.3 Å². The molecular weight excluding hydrogens is 334 g/mol. The van der Waals surface area contributed by atoms with Gasteiger partial charge in [0.15, 0.2) is 0 Å². The predicted molar refractivity (Wildman–Crippen MR) is 76.8 cm³/mol. The number of anilines is 1. The van der Waals surface area contributed by atoms with Crippen LogP contribution < -0.4 is 16.6 Å². The van der Waals surface area contributed by atoms with Crippen molar-refractivity contribution in [1.82, 2.24) is 19.1 Å². The number of aromatic amines is 1. The summed E-state index contributed by atoms with van der Waals surface area (Å²) in [5.74, 6) is 0. The Morgan fingerprint density at radius 1 is 1.53 bits per heavy atom. The van der Waals surface area contributed by atoms with Crippen LogP contribution in [0, 0.1) is 0 Å². The molecule has 7 nitrogen and oxygen atoms in total. The lowest BCUT2D eigenvalue weighted by Crippen LogP contribution is -2.30. The van der Waals surface area contributed by atoms with Gasteiger partial charge in [0.2, 0.25) is 0 Å². The SMILES string of the molecule is CCCNc1snnc1Cn1cc(Br)c(=O)[nH]c1=O. The van der Waals surface area contributed by atoms with E-state index in [-0.39, 0.29) is 6.54 Å². The maximum Gasteiger partial charge on any atom is 0.328 e. The van der Waals surface area contributed by atoms with Gasteiger partial charge in [-0.3, -0.25) is 14.3 Å². The van der Waals surface area contributed by atoms with E-state index in [1.807, 2.05) is 0 Å². The molecule has 2 heterocycles. The highest BCUT2D eigenvalue weighted by Crippen LogP contribution is 2.18. The second kappa shape index (κ2) is 6.11. The van der Waals surface area contributed by atoms with E-state index in [1.54, 1.807) is 0 Å². The zero-order valence-electron chi connectivity index (χ0n) is 10.1. The van der Waals surface area contributed by atoms with Crippen molar-refractivity contribution in [2.24, 2.45) is 0 Å². The fraction of sp³-hybridized carbons (Fsp3) is 0.400. The first-order chi connectivity index (χ1) is 9.11. The summed E-state index contributed by atoms with van der Waals surface area (Å²) in [6.07, 6.45) is 2.44. The van der Waals surface area contributed by atoms with E-state index in [2.05, 4.69) is 42.7 Å². The molecule has 0 spiro atoms. The zero-order chi connectivity index (χ0) is 13.8. The number of hydrogen-bond acceptors (Lipinski definition) is 6. The van der Waals surface area contributed by atoms with E-state index in [9.17, 15) is 9.59 Å². The van der Waals surface area contributed by atoms with Crippen molar-refractivity contribution in [3.05, 3.63) is 37.2 Å². The van der Waals surface area contributed by atoms with Crippen molar-refractivity contribution < 1.29 is 0 Å². The minimum atomic E-state index is -0.470. The van der Waals surface area contributed by atoms with E-state index >= 15 is 0 Å². The lowest BCUT2D eigenvalue weighted by Gasteiger charge is -2.06. The molecule has 0 saturated carbocycles. The highest BCUT2D eigenvalue weighted by Gasteiger charge is 2.10. The molecule has 2 N–H and O–H groups in total. The molecule has 0 fully saturated rings. The minimum absolute atomic E-state index is 0.261. The molecule has 19 heavy (non-hydrogen) atoms. The van der Waals surface area contributed by atoms with Crippen LogP contribution in [0.1, 0.15) is 19.0 Å². The van der Waals surface area contributed by atoms with Crippen LogP contribution in [0.5, 0.6) is 0 Å². The molecule has 0 aromatic carbocycles. The lowest BCUT2D eigenvalue weighted by atomic mass is 10.4. The first kappa shape index (κ1) is 13.9. The Kier molecular flexibility index (Phi) is 4.48. The van der Waals surface area contributed by atoms with Crippen molar-refractivity contribution >= 4 is 32.5 Å². The Bertz CT molecular complexity index is 677. The molecule has 0 amide bonds. The lowest BCUT2D eigenvalue weighted by molar-refractivity contribution is 0.699. The molecule has 0 radical (unpaired) electrons. The second-order valence-corrected chi connectivity index (χ2v) is 5.45. The summed E-state index contributed by atoms with van der Waals surface area (Å²) < 4.78 is 5.55. The first-order valence-corrected chi connectivity index (χ1v) is 7.22. The molecule has 0 unspecified atom stereocenters. The Labute approximate surface area is 121 Å². The van der Waals surface area contributed by atoms with E-state index in [1.165, 1.54) is 22.3 Å². The van der Waals surface area contributed by atoms with Gasteiger partial charge in [-0.1, -0.05) is 11.4 Å². The number of nitrogens with zero attached hydrogens (tertiary/aromatic N) is 3. The van der Waals surface area contributed by atoms with Crippen LogP contribution in [0.3, 0.4) is 0 Å². The van der Waals surface area contributed by atoms with Crippen LogP contribution in [0.25, 0.3) is 0 Å². The molecule has 2 rings (SSSR count). The quantitative estimate of drug-likeness (QED) is 0.843. The first-order valence-electron chi connectivity index (χ1n) is 5.66. The molecule has 2 aromatic rings. The van der Waals surface area contributed by atoms with Gasteiger partial charge in [-0.2, -0.15) is 0 Å². The zero-order valence-corrected chi connectivity index (χ0v) is 12.5. The van der Waals surface area contributed by atoms with Gasteiger partial charge in [-0.15, -0.1) is 5.10 Å². The van der Waals surface area contributed by atoms with Crippen LogP contribution in [0.15, 0.2) is 20.3 Å². The standard InChI is InChI=1S/C10H12BrN5O2S/c1-2-3-12-9-7(14-15-19-9)5-16-4-6(11)8(17)13-10(16)18/h4,12H,2-3,5H2,1H3,(H,13,17,18). The monoisotopic (exact) mass is 345 g/mol. The number of nitrogens with one attached hydrogen (secondary N) is 2. The summed E-state index contributed by atoms with van der Waals surface area (Å²) in [6, 6.07) is 0. The van der Waals surface area contributed by atoms with Gasteiger partial charge in [0.25, 0.3) is 5.56 Å². The number of rotatable bonds is 5. The molecule has 0 aliphatic carbocycles. The van der Waals surface area contributed by atoms with Crippen LogP contribution in [0.4, 0.5) is 5.00 Å². The van der Waals surface area contributed by atoms with Gasteiger partial charge >= 0.3 is 5.69 Å². The smallest absolute Gasteiger partial charge is 0.328 e. The van der Waals surface area contributed by atoms with E-state index in [0.29, 0.717) is 10.2 Å². The molecule has 0 aliphatic heterocycles. The Balaban J connectivity index is 2.27. The predicted octanol–water partition coefficient (Wildman–Crippen LogP) is 1.02. The molecule has 102 valence electrons. The maximum atomic E-state index is 11.7.